The molecule has 3 heteroatoms. The van der Waals surface area contributed by atoms with Gasteiger partial charge in [0.1, 0.15) is 5.82 Å². The lowest BCUT2D eigenvalue weighted by Gasteiger charge is -2.28. The van der Waals surface area contributed by atoms with E-state index in [0.29, 0.717) is 6.04 Å². The van der Waals surface area contributed by atoms with Crippen LogP contribution in [0.2, 0.25) is 0 Å². The molecule has 3 rings (SSSR count). The molecule has 3 atom stereocenters. The lowest BCUT2D eigenvalue weighted by Crippen LogP contribution is -2.34. The Morgan fingerprint density at radius 3 is 2.68 bits per heavy atom. The van der Waals surface area contributed by atoms with Crippen LogP contribution < -0.4 is 5.32 Å². The highest BCUT2D eigenvalue weighted by Gasteiger charge is 2.37. The molecule has 0 spiro atoms. The summed E-state index contributed by atoms with van der Waals surface area (Å²) in [4.78, 5) is 2.65. The number of halogens is 1. The van der Waals surface area contributed by atoms with Crippen molar-refractivity contribution in [3.63, 3.8) is 0 Å². The summed E-state index contributed by atoms with van der Waals surface area (Å²) in [6.45, 7) is 2.45. The Morgan fingerprint density at radius 2 is 2.11 bits per heavy atom. The predicted molar refractivity (Wildman–Crippen MR) is 75.5 cm³/mol. The van der Waals surface area contributed by atoms with E-state index in [1.807, 2.05) is 19.2 Å². The fourth-order valence-electron chi connectivity index (χ4n) is 3.77. The SMILES string of the molecule is CNC(CCN1CC2CCC1C2)c1ccc(F)cc1. The van der Waals surface area contributed by atoms with Crippen LogP contribution in [0.1, 0.15) is 37.3 Å². The maximum Gasteiger partial charge on any atom is 0.123 e. The summed E-state index contributed by atoms with van der Waals surface area (Å²) in [6.07, 6.45) is 5.35. The van der Waals surface area contributed by atoms with Crippen molar-refractivity contribution in [2.24, 2.45) is 5.92 Å². The molecule has 1 saturated carbocycles. The normalized spacial score (nSPS) is 27.9. The molecule has 1 aliphatic carbocycles. The third kappa shape index (κ3) is 2.82. The first kappa shape index (κ1) is 13.1. The fraction of sp³-hybridized carbons (Fsp3) is 0.625. The standard InChI is InChI=1S/C16H23FN2/c1-18-16(13-3-5-14(17)6-4-13)8-9-19-11-12-2-7-15(19)10-12/h3-6,12,15-16,18H,2,7-11H2,1H3. The smallest absolute Gasteiger partial charge is 0.123 e. The monoisotopic (exact) mass is 262 g/mol. The molecule has 0 amide bonds. The molecule has 1 aromatic carbocycles. The van der Waals surface area contributed by atoms with Crippen LogP contribution in [0.5, 0.6) is 0 Å². The number of hydrogen-bond donors (Lipinski definition) is 1. The van der Waals surface area contributed by atoms with Gasteiger partial charge in [-0.05, 0) is 56.3 Å². The van der Waals surface area contributed by atoms with E-state index in [0.717, 1.165) is 24.9 Å². The van der Waals surface area contributed by atoms with Crippen LogP contribution in [0, 0.1) is 11.7 Å². The second kappa shape index (κ2) is 5.59. The van der Waals surface area contributed by atoms with Crippen molar-refractivity contribution in [3.8, 4) is 0 Å². The lowest BCUT2D eigenvalue weighted by molar-refractivity contribution is 0.203. The summed E-state index contributed by atoms with van der Waals surface area (Å²) < 4.78 is 13.0. The predicted octanol–water partition coefficient (Wildman–Crippen LogP) is 2.96. The highest BCUT2D eigenvalue weighted by Crippen LogP contribution is 2.37. The number of hydrogen-bond acceptors (Lipinski definition) is 2. The molecule has 2 bridgehead atoms. The number of nitrogens with zero attached hydrogens (tertiary/aromatic N) is 1. The highest BCUT2D eigenvalue weighted by atomic mass is 19.1. The summed E-state index contributed by atoms with van der Waals surface area (Å²) in [7, 11) is 1.99. The zero-order valence-corrected chi connectivity index (χ0v) is 11.6. The van der Waals surface area contributed by atoms with Crippen molar-refractivity contribution in [1.82, 2.24) is 10.2 Å². The second-order valence-electron chi connectivity index (χ2n) is 6.01. The molecule has 1 heterocycles. The summed E-state index contributed by atoms with van der Waals surface area (Å²) in [5, 5.41) is 3.36. The third-order valence-electron chi connectivity index (χ3n) is 4.85. The fourth-order valence-corrected chi connectivity index (χ4v) is 3.77. The number of benzene rings is 1. The minimum atomic E-state index is -0.157. The summed E-state index contributed by atoms with van der Waals surface area (Å²) in [6, 6.07) is 8.07. The Kier molecular flexibility index (Phi) is 3.85. The summed E-state index contributed by atoms with van der Waals surface area (Å²) >= 11 is 0. The lowest BCUT2D eigenvalue weighted by atomic mass is 10.0. The van der Waals surface area contributed by atoms with Crippen LogP contribution in [0.15, 0.2) is 24.3 Å². The number of piperidine rings is 1. The molecule has 1 aromatic rings. The van der Waals surface area contributed by atoms with Gasteiger partial charge in [0.15, 0.2) is 0 Å². The minimum Gasteiger partial charge on any atom is -0.313 e. The zero-order chi connectivity index (χ0) is 13.2. The van der Waals surface area contributed by atoms with Crippen molar-refractivity contribution in [2.45, 2.75) is 37.8 Å². The van der Waals surface area contributed by atoms with Gasteiger partial charge in [0.05, 0.1) is 0 Å². The van der Waals surface area contributed by atoms with E-state index >= 15 is 0 Å². The Morgan fingerprint density at radius 1 is 1.32 bits per heavy atom. The molecule has 19 heavy (non-hydrogen) atoms. The molecule has 3 unspecified atom stereocenters. The van der Waals surface area contributed by atoms with Gasteiger partial charge in [-0.2, -0.15) is 0 Å². The summed E-state index contributed by atoms with van der Waals surface area (Å²) in [5.41, 5.74) is 1.19. The first-order chi connectivity index (χ1) is 9.26. The zero-order valence-electron chi connectivity index (χ0n) is 11.6. The third-order valence-corrected chi connectivity index (χ3v) is 4.85. The van der Waals surface area contributed by atoms with E-state index in [1.54, 1.807) is 12.1 Å². The van der Waals surface area contributed by atoms with E-state index in [1.165, 1.54) is 31.4 Å². The van der Waals surface area contributed by atoms with Gasteiger partial charge in [-0.25, -0.2) is 4.39 Å². The van der Waals surface area contributed by atoms with Crippen LogP contribution in [0.25, 0.3) is 0 Å². The van der Waals surface area contributed by atoms with Crippen LogP contribution in [-0.2, 0) is 0 Å². The van der Waals surface area contributed by atoms with Crippen molar-refractivity contribution >= 4 is 0 Å². The van der Waals surface area contributed by atoms with E-state index < -0.39 is 0 Å². The Balaban J connectivity index is 1.56. The molecule has 0 radical (unpaired) electrons. The second-order valence-corrected chi connectivity index (χ2v) is 6.01. The highest BCUT2D eigenvalue weighted by molar-refractivity contribution is 5.19. The van der Waals surface area contributed by atoms with Gasteiger partial charge in [-0.1, -0.05) is 12.1 Å². The summed E-state index contributed by atoms with van der Waals surface area (Å²) in [5.74, 6) is 0.805. The van der Waals surface area contributed by atoms with E-state index in [9.17, 15) is 4.39 Å². The molecule has 2 nitrogen and oxygen atoms in total. The molecule has 1 N–H and O–H groups in total. The molecule has 104 valence electrons. The molecule has 1 saturated heterocycles. The first-order valence-corrected chi connectivity index (χ1v) is 7.43. The van der Waals surface area contributed by atoms with Crippen molar-refractivity contribution in [3.05, 3.63) is 35.6 Å². The van der Waals surface area contributed by atoms with E-state index in [-0.39, 0.29) is 5.82 Å². The number of rotatable bonds is 5. The van der Waals surface area contributed by atoms with Gasteiger partial charge < -0.3 is 10.2 Å². The average Bonchev–Trinajstić information content (AvgIpc) is 3.04. The molecule has 2 fully saturated rings. The minimum absolute atomic E-state index is 0.157. The number of nitrogens with one attached hydrogen (secondary N) is 1. The van der Waals surface area contributed by atoms with Gasteiger partial charge in [0.25, 0.3) is 0 Å². The van der Waals surface area contributed by atoms with Gasteiger partial charge in [0, 0.05) is 25.2 Å². The number of likely N-dealkylation sites (tertiary alicyclic amines) is 1. The van der Waals surface area contributed by atoms with Crippen LogP contribution in [-0.4, -0.2) is 31.1 Å². The van der Waals surface area contributed by atoms with Crippen LogP contribution in [0.4, 0.5) is 4.39 Å². The average molecular weight is 262 g/mol. The van der Waals surface area contributed by atoms with Crippen molar-refractivity contribution in [1.29, 1.82) is 0 Å². The van der Waals surface area contributed by atoms with E-state index in [4.69, 9.17) is 0 Å². The van der Waals surface area contributed by atoms with Crippen molar-refractivity contribution in [2.75, 3.05) is 20.1 Å². The molecular weight excluding hydrogens is 239 g/mol. The van der Waals surface area contributed by atoms with Crippen LogP contribution >= 0.6 is 0 Å². The number of fused-ring (bicyclic) bond motifs is 2. The quantitative estimate of drug-likeness (QED) is 0.877. The van der Waals surface area contributed by atoms with Crippen molar-refractivity contribution < 1.29 is 4.39 Å². The van der Waals surface area contributed by atoms with Gasteiger partial charge in [-0.3, -0.25) is 0 Å². The Hall–Kier alpha value is -0.930. The first-order valence-electron chi connectivity index (χ1n) is 7.43. The van der Waals surface area contributed by atoms with Gasteiger partial charge in [-0.15, -0.1) is 0 Å². The topological polar surface area (TPSA) is 15.3 Å². The largest absolute Gasteiger partial charge is 0.313 e. The molecule has 2 aliphatic rings. The molecule has 1 aliphatic heterocycles. The Bertz CT molecular complexity index is 417. The van der Waals surface area contributed by atoms with Gasteiger partial charge >= 0.3 is 0 Å². The Labute approximate surface area is 115 Å². The van der Waals surface area contributed by atoms with E-state index in [2.05, 4.69) is 10.2 Å². The van der Waals surface area contributed by atoms with Crippen LogP contribution in [0.3, 0.4) is 0 Å². The maximum absolute atomic E-state index is 13.0. The molecule has 0 aromatic heterocycles. The molecular formula is C16H23FN2. The maximum atomic E-state index is 13.0. The van der Waals surface area contributed by atoms with Gasteiger partial charge in [0.2, 0.25) is 0 Å².